The molecular weight excluding hydrogens is 276 g/mol. The lowest BCUT2D eigenvalue weighted by atomic mass is 10.1. The number of carbonyl (C=O) groups is 1. The molecule has 0 radical (unpaired) electrons. The van der Waals surface area contributed by atoms with Crippen LogP contribution in [-0.2, 0) is 0 Å². The number of carboxylic acids is 1. The highest BCUT2D eigenvalue weighted by atomic mass is 35.5. The third-order valence-electron chi connectivity index (χ3n) is 2.98. The molecular formula is C15H9ClN2O2. The number of hydrogen-bond donors (Lipinski definition) is 1. The number of aromatic nitrogens is 2. The minimum Gasteiger partial charge on any atom is -0.478 e. The fraction of sp³-hybridized carbons (Fsp3) is 0. The van der Waals surface area contributed by atoms with Crippen molar-refractivity contribution in [1.82, 2.24) is 9.97 Å². The Bertz CT molecular complexity index is 801. The van der Waals surface area contributed by atoms with E-state index in [-0.39, 0.29) is 5.56 Å². The first-order valence-corrected chi connectivity index (χ1v) is 6.27. The van der Waals surface area contributed by atoms with Gasteiger partial charge >= 0.3 is 5.97 Å². The lowest BCUT2D eigenvalue weighted by Gasteiger charge is -2.06. The molecule has 0 atom stereocenters. The highest BCUT2D eigenvalue weighted by molar-refractivity contribution is 6.30. The van der Waals surface area contributed by atoms with Crippen LogP contribution in [0.2, 0.25) is 5.02 Å². The van der Waals surface area contributed by atoms with E-state index in [2.05, 4.69) is 9.97 Å². The van der Waals surface area contributed by atoms with Crippen LogP contribution >= 0.6 is 11.6 Å². The van der Waals surface area contributed by atoms with E-state index in [9.17, 15) is 9.90 Å². The average Bonchev–Trinajstić information content (AvgIpc) is 2.46. The number of nitrogens with zero attached hydrogens (tertiary/aromatic N) is 2. The van der Waals surface area contributed by atoms with E-state index in [1.54, 1.807) is 30.5 Å². The summed E-state index contributed by atoms with van der Waals surface area (Å²) >= 11 is 5.85. The monoisotopic (exact) mass is 284 g/mol. The Morgan fingerprint density at radius 2 is 1.90 bits per heavy atom. The van der Waals surface area contributed by atoms with Crippen LogP contribution in [0.3, 0.4) is 0 Å². The van der Waals surface area contributed by atoms with Crippen molar-refractivity contribution in [1.29, 1.82) is 0 Å². The molecule has 3 aromatic rings. The van der Waals surface area contributed by atoms with E-state index in [1.165, 1.54) is 6.20 Å². The van der Waals surface area contributed by atoms with E-state index < -0.39 is 5.97 Å². The number of rotatable bonds is 2. The van der Waals surface area contributed by atoms with E-state index in [4.69, 9.17) is 11.6 Å². The van der Waals surface area contributed by atoms with Gasteiger partial charge in [0.25, 0.3) is 0 Å². The lowest BCUT2D eigenvalue weighted by Crippen LogP contribution is -2.00. The molecule has 0 aliphatic carbocycles. The fourth-order valence-corrected chi connectivity index (χ4v) is 2.14. The molecule has 5 heteroatoms. The van der Waals surface area contributed by atoms with Crippen LogP contribution in [0.15, 0.2) is 48.8 Å². The predicted octanol–water partition coefficient (Wildman–Crippen LogP) is 3.65. The van der Waals surface area contributed by atoms with Crippen LogP contribution in [0.4, 0.5) is 0 Å². The quantitative estimate of drug-likeness (QED) is 0.780. The van der Waals surface area contributed by atoms with Gasteiger partial charge in [-0.3, -0.25) is 4.98 Å². The van der Waals surface area contributed by atoms with Crippen molar-refractivity contribution in [2.24, 2.45) is 0 Å². The summed E-state index contributed by atoms with van der Waals surface area (Å²) in [6.45, 7) is 0. The Hall–Kier alpha value is -2.46. The fourth-order valence-electron chi connectivity index (χ4n) is 2.01. The second kappa shape index (κ2) is 4.90. The number of carboxylic acid groups (broad SMARTS) is 1. The normalized spacial score (nSPS) is 10.7. The number of halogens is 1. The molecule has 0 saturated heterocycles. The Morgan fingerprint density at radius 3 is 2.60 bits per heavy atom. The van der Waals surface area contributed by atoms with E-state index in [1.807, 2.05) is 12.1 Å². The summed E-state index contributed by atoms with van der Waals surface area (Å²) in [6.07, 6.45) is 3.10. The van der Waals surface area contributed by atoms with Gasteiger partial charge < -0.3 is 5.11 Å². The largest absolute Gasteiger partial charge is 0.478 e. The van der Waals surface area contributed by atoms with Crippen molar-refractivity contribution in [3.05, 3.63) is 59.4 Å². The zero-order valence-electron chi connectivity index (χ0n) is 10.2. The van der Waals surface area contributed by atoms with E-state index in [0.717, 1.165) is 5.56 Å². The van der Waals surface area contributed by atoms with Crippen molar-refractivity contribution in [2.45, 2.75) is 0 Å². The summed E-state index contributed by atoms with van der Waals surface area (Å²) in [5.74, 6) is -0.999. The maximum Gasteiger partial charge on any atom is 0.336 e. The summed E-state index contributed by atoms with van der Waals surface area (Å²) in [7, 11) is 0. The van der Waals surface area contributed by atoms with Crippen molar-refractivity contribution in [3.63, 3.8) is 0 Å². The average molecular weight is 285 g/mol. The van der Waals surface area contributed by atoms with Gasteiger partial charge in [-0.25, -0.2) is 9.78 Å². The molecule has 0 fully saturated rings. The second-order valence-electron chi connectivity index (χ2n) is 4.26. The van der Waals surface area contributed by atoms with Gasteiger partial charge in [-0.2, -0.15) is 0 Å². The molecule has 2 aromatic heterocycles. The SMILES string of the molecule is O=C(O)c1cc(-c2ccc(Cl)cc2)nc2ccncc12. The Labute approximate surface area is 119 Å². The summed E-state index contributed by atoms with van der Waals surface area (Å²) in [6, 6.07) is 10.4. The molecule has 98 valence electrons. The zero-order chi connectivity index (χ0) is 14.1. The second-order valence-corrected chi connectivity index (χ2v) is 4.70. The third kappa shape index (κ3) is 2.21. The molecule has 3 rings (SSSR count). The molecule has 2 heterocycles. The van der Waals surface area contributed by atoms with Crippen LogP contribution < -0.4 is 0 Å². The van der Waals surface area contributed by atoms with Crippen molar-refractivity contribution < 1.29 is 9.90 Å². The molecule has 1 N–H and O–H groups in total. The molecule has 0 unspecified atom stereocenters. The van der Waals surface area contributed by atoms with Crippen LogP contribution in [-0.4, -0.2) is 21.0 Å². The number of benzene rings is 1. The van der Waals surface area contributed by atoms with Gasteiger partial charge in [-0.05, 0) is 24.3 Å². The van der Waals surface area contributed by atoms with Crippen molar-refractivity contribution in [3.8, 4) is 11.3 Å². The first kappa shape index (κ1) is 12.6. The molecule has 4 nitrogen and oxygen atoms in total. The van der Waals surface area contributed by atoms with E-state index in [0.29, 0.717) is 21.6 Å². The summed E-state index contributed by atoms with van der Waals surface area (Å²) < 4.78 is 0. The zero-order valence-corrected chi connectivity index (χ0v) is 11.0. The Kier molecular flexibility index (Phi) is 3.08. The van der Waals surface area contributed by atoms with Gasteiger partial charge in [0.1, 0.15) is 0 Å². The van der Waals surface area contributed by atoms with Crippen LogP contribution in [0.5, 0.6) is 0 Å². The molecule has 0 aliphatic heterocycles. The lowest BCUT2D eigenvalue weighted by molar-refractivity contribution is 0.0699. The van der Waals surface area contributed by atoms with Gasteiger partial charge in [0, 0.05) is 28.4 Å². The topological polar surface area (TPSA) is 63.1 Å². The third-order valence-corrected chi connectivity index (χ3v) is 3.23. The Morgan fingerprint density at radius 1 is 1.15 bits per heavy atom. The highest BCUT2D eigenvalue weighted by Gasteiger charge is 2.12. The predicted molar refractivity (Wildman–Crippen MR) is 76.9 cm³/mol. The first-order chi connectivity index (χ1) is 9.65. The van der Waals surface area contributed by atoms with Crippen molar-refractivity contribution in [2.75, 3.05) is 0 Å². The van der Waals surface area contributed by atoms with Gasteiger partial charge in [0.15, 0.2) is 0 Å². The highest BCUT2D eigenvalue weighted by Crippen LogP contribution is 2.25. The number of aromatic carboxylic acids is 1. The van der Waals surface area contributed by atoms with Gasteiger partial charge in [0.05, 0.1) is 16.8 Å². The molecule has 20 heavy (non-hydrogen) atoms. The van der Waals surface area contributed by atoms with Gasteiger partial charge in [-0.1, -0.05) is 23.7 Å². The van der Waals surface area contributed by atoms with Gasteiger partial charge in [-0.15, -0.1) is 0 Å². The summed E-state index contributed by atoms with van der Waals surface area (Å²) in [4.78, 5) is 19.8. The van der Waals surface area contributed by atoms with Crippen LogP contribution in [0, 0.1) is 0 Å². The minimum absolute atomic E-state index is 0.188. The number of pyridine rings is 2. The Balaban J connectivity index is 2.27. The van der Waals surface area contributed by atoms with Crippen LogP contribution in [0.25, 0.3) is 22.2 Å². The van der Waals surface area contributed by atoms with E-state index >= 15 is 0 Å². The number of fused-ring (bicyclic) bond motifs is 1. The molecule has 1 aromatic carbocycles. The van der Waals surface area contributed by atoms with Gasteiger partial charge in [0.2, 0.25) is 0 Å². The smallest absolute Gasteiger partial charge is 0.336 e. The van der Waals surface area contributed by atoms with Crippen LogP contribution in [0.1, 0.15) is 10.4 Å². The summed E-state index contributed by atoms with van der Waals surface area (Å²) in [5, 5.41) is 10.5. The molecule has 0 amide bonds. The number of hydrogen-bond acceptors (Lipinski definition) is 3. The molecule has 0 bridgehead atoms. The molecule has 0 saturated carbocycles. The minimum atomic E-state index is -0.999. The maximum absolute atomic E-state index is 11.4. The standard InChI is InChI=1S/C15H9ClN2O2/c16-10-3-1-9(2-4-10)14-7-11(15(19)20)12-8-17-6-5-13(12)18-14/h1-8H,(H,19,20). The first-order valence-electron chi connectivity index (χ1n) is 5.89. The maximum atomic E-state index is 11.4. The summed E-state index contributed by atoms with van der Waals surface area (Å²) in [5.41, 5.74) is 2.20. The van der Waals surface area contributed by atoms with Crippen molar-refractivity contribution >= 4 is 28.5 Å². The molecule has 0 aliphatic rings. The molecule has 0 spiro atoms.